The lowest BCUT2D eigenvalue weighted by molar-refractivity contribution is -0.677. The number of rotatable bonds is 6. The monoisotopic (exact) mass is 340 g/mol. The number of nitrogens with two attached hydrogens (primary N) is 1. The van der Waals surface area contributed by atoms with E-state index in [4.69, 9.17) is 4.42 Å². The summed E-state index contributed by atoms with van der Waals surface area (Å²) in [5.74, 6) is 0.138. The number of aromatic hydroxyl groups is 1. The largest absolute Gasteiger partial charge is 0.508 e. The zero-order valence-corrected chi connectivity index (χ0v) is 14.1. The number of fused-ring (bicyclic) bond motifs is 1. The molecule has 130 valence electrons. The minimum Gasteiger partial charge on any atom is -0.508 e. The lowest BCUT2D eigenvalue weighted by atomic mass is 10.0. The van der Waals surface area contributed by atoms with Crippen LogP contribution in [0, 0.1) is 0 Å². The summed E-state index contributed by atoms with van der Waals surface area (Å²) in [7, 11) is 0. The van der Waals surface area contributed by atoms with Crippen molar-refractivity contribution in [1.29, 1.82) is 0 Å². The molecule has 0 spiro atoms. The van der Waals surface area contributed by atoms with E-state index in [9.17, 15) is 15.0 Å². The van der Waals surface area contributed by atoms with Gasteiger partial charge in [0, 0.05) is 23.1 Å². The molecule has 2 aromatic carbocycles. The van der Waals surface area contributed by atoms with Gasteiger partial charge in [-0.1, -0.05) is 37.3 Å². The van der Waals surface area contributed by atoms with Gasteiger partial charge in [0.25, 0.3) is 0 Å². The van der Waals surface area contributed by atoms with Gasteiger partial charge in [0.05, 0.1) is 0 Å². The molecule has 4 N–H and O–H groups in total. The van der Waals surface area contributed by atoms with E-state index in [1.54, 1.807) is 0 Å². The summed E-state index contributed by atoms with van der Waals surface area (Å²) < 4.78 is 5.20. The van der Waals surface area contributed by atoms with Crippen molar-refractivity contribution in [3.8, 4) is 5.75 Å². The van der Waals surface area contributed by atoms with E-state index in [1.807, 2.05) is 48.6 Å². The molecule has 3 aromatic rings. The highest BCUT2D eigenvalue weighted by molar-refractivity contribution is 5.82. The summed E-state index contributed by atoms with van der Waals surface area (Å²) in [5.41, 5.74) is 2.46. The second-order valence-corrected chi connectivity index (χ2v) is 6.08. The Morgan fingerprint density at radius 1 is 1.12 bits per heavy atom. The van der Waals surface area contributed by atoms with Crippen LogP contribution in [0.3, 0.4) is 0 Å². The maximum atomic E-state index is 11.8. The third kappa shape index (κ3) is 3.90. The van der Waals surface area contributed by atoms with Crippen LogP contribution in [0.15, 0.2) is 57.7 Å². The molecule has 0 saturated carbocycles. The van der Waals surface area contributed by atoms with Gasteiger partial charge in [0.15, 0.2) is 0 Å². The number of benzene rings is 2. The molecule has 25 heavy (non-hydrogen) atoms. The fourth-order valence-corrected chi connectivity index (χ4v) is 2.97. The van der Waals surface area contributed by atoms with E-state index in [1.165, 1.54) is 12.1 Å². The van der Waals surface area contributed by atoms with Crippen molar-refractivity contribution < 1.29 is 19.9 Å². The van der Waals surface area contributed by atoms with Crippen LogP contribution >= 0.6 is 0 Å². The maximum absolute atomic E-state index is 11.8. The SMILES string of the molecule is CCc1cc2c(C[NH2+]C[C@H](O)c3ccccc3)cc(=O)oc2cc1O. The van der Waals surface area contributed by atoms with Gasteiger partial charge >= 0.3 is 5.63 Å². The number of hydrogen-bond donors (Lipinski definition) is 3. The molecular weight excluding hydrogens is 318 g/mol. The third-order valence-electron chi connectivity index (χ3n) is 4.35. The number of aliphatic hydroxyl groups is 1. The van der Waals surface area contributed by atoms with Gasteiger partial charge in [-0.2, -0.15) is 0 Å². The molecule has 0 radical (unpaired) electrons. The molecule has 5 nitrogen and oxygen atoms in total. The van der Waals surface area contributed by atoms with E-state index < -0.39 is 11.7 Å². The first-order valence-electron chi connectivity index (χ1n) is 8.41. The van der Waals surface area contributed by atoms with Crippen LogP contribution in [0.25, 0.3) is 11.0 Å². The molecule has 0 fully saturated rings. The summed E-state index contributed by atoms with van der Waals surface area (Å²) >= 11 is 0. The van der Waals surface area contributed by atoms with Crippen LogP contribution in [0.5, 0.6) is 5.75 Å². The molecule has 0 amide bonds. The first-order chi connectivity index (χ1) is 12.1. The Labute approximate surface area is 145 Å². The minimum atomic E-state index is -0.567. The van der Waals surface area contributed by atoms with Gasteiger partial charge in [-0.3, -0.25) is 0 Å². The van der Waals surface area contributed by atoms with Crippen molar-refractivity contribution >= 4 is 11.0 Å². The van der Waals surface area contributed by atoms with E-state index in [0.29, 0.717) is 25.1 Å². The number of phenols is 1. The van der Waals surface area contributed by atoms with Gasteiger partial charge in [-0.15, -0.1) is 0 Å². The third-order valence-corrected chi connectivity index (χ3v) is 4.35. The van der Waals surface area contributed by atoms with Crippen molar-refractivity contribution in [3.63, 3.8) is 0 Å². The van der Waals surface area contributed by atoms with E-state index in [-0.39, 0.29) is 5.75 Å². The zero-order chi connectivity index (χ0) is 17.8. The smallest absolute Gasteiger partial charge is 0.336 e. The summed E-state index contributed by atoms with van der Waals surface area (Å²) in [6.07, 6.45) is 0.124. The molecule has 0 bridgehead atoms. The molecule has 0 aliphatic rings. The second-order valence-electron chi connectivity index (χ2n) is 6.08. The summed E-state index contributed by atoms with van der Waals surface area (Å²) in [6.45, 7) is 2.99. The molecule has 0 saturated heterocycles. The van der Waals surface area contributed by atoms with Crippen LogP contribution < -0.4 is 10.9 Å². The molecule has 1 heterocycles. The molecule has 0 aliphatic carbocycles. The number of hydrogen-bond acceptors (Lipinski definition) is 4. The fraction of sp³-hybridized carbons (Fsp3) is 0.250. The number of quaternary nitrogens is 1. The van der Waals surface area contributed by atoms with Crippen molar-refractivity contribution in [1.82, 2.24) is 0 Å². The Hall–Kier alpha value is -2.63. The minimum absolute atomic E-state index is 0.138. The first kappa shape index (κ1) is 17.2. The van der Waals surface area contributed by atoms with Crippen molar-refractivity contribution in [2.24, 2.45) is 0 Å². The molecule has 1 atom stereocenters. The normalized spacial score (nSPS) is 12.4. The van der Waals surface area contributed by atoms with Gasteiger partial charge in [-0.25, -0.2) is 4.79 Å². The lowest BCUT2D eigenvalue weighted by Crippen LogP contribution is -2.83. The molecular formula is C20H22NO4+. The van der Waals surface area contributed by atoms with Gasteiger partial charge in [0.1, 0.15) is 30.5 Å². The Balaban J connectivity index is 1.80. The van der Waals surface area contributed by atoms with Crippen LogP contribution in [-0.2, 0) is 13.0 Å². The Morgan fingerprint density at radius 2 is 1.88 bits per heavy atom. The predicted molar refractivity (Wildman–Crippen MR) is 95.4 cm³/mol. The highest BCUT2D eigenvalue weighted by Crippen LogP contribution is 2.26. The summed E-state index contributed by atoms with van der Waals surface area (Å²) in [5, 5.41) is 23.0. The highest BCUT2D eigenvalue weighted by Gasteiger charge is 2.13. The molecule has 0 unspecified atom stereocenters. The van der Waals surface area contributed by atoms with E-state index in [0.717, 1.165) is 22.1 Å². The van der Waals surface area contributed by atoms with Crippen LogP contribution in [0.1, 0.15) is 29.7 Å². The zero-order valence-electron chi connectivity index (χ0n) is 14.1. The average molecular weight is 340 g/mol. The highest BCUT2D eigenvalue weighted by atomic mass is 16.4. The Morgan fingerprint density at radius 3 is 2.60 bits per heavy atom. The standard InChI is InChI=1S/C20H21NO4/c1-2-13-8-16-15(9-20(24)25-19(16)10-17(13)22)11-21-12-18(23)14-6-4-3-5-7-14/h3-10,18,21-23H,2,11-12H2,1H3/p+1/t18-/m0/s1. The molecule has 0 aliphatic heterocycles. The maximum Gasteiger partial charge on any atom is 0.336 e. The summed E-state index contributed by atoms with van der Waals surface area (Å²) in [4.78, 5) is 11.8. The van der Waals surface area contributed by atoms with Crippen molar-refractivity contribution in [2.45, 2.75) is 26.0 Å². The van der Waals surface area contributed by atoms with Crippen LogP contribution in [0.4, 0.5) is 0 Å². The predicted octanol–water partition coefficient (Wildman–Crippen LogP) is 1.86. The van der Waals surface area contributed by atoms with Crippen LogP contribution in [-0.4, -0.2) is 16.8 Å². The quantitative estimate of drug-likeness (QED) is 0.598. The number of phenolic OH excluding ortho intramolecular Hbond substituents is 1. The molecule has 3 rings (SSSR count). The van der Waals surface area contributed by atoms with E-state index in [2.05, 4.69) is 0 Å². The van der Waals surface area contributed by atoms with Crippen molar-refractivity contribution in [2.75, 3.05) is 6.54 Å². The number of aryl methyl sites for hydroxylation is 1. The summed E-state index contributed by atoms with van der Waals surface area (Å²) in [6, 6.07) is 14.3. The Bertz CT molecular complexity index is 918. The van der Waals surface area contributed by atoms with E-state index >= 15 is 0 Å². The fourth-order valence-electron chi connectivity index (χ4n) is 2.97. The molecule has 1 aromatic heterocycles. The Kier molecular flexibility index (Phi) is 5.16. The molecule has 5 heteroatoms. The second kappa shape index (κ2) is 7.51. The first-order valence-corrected chi connectivity index (χ1v) is 8.41. The van der Waals surface area contributed by atoms with Gasteiger partial charge in [0.2, 0.25) is 0 Å². The van der Waals surface area contributed by atoms with Gasteiger partial charge < -0.3 is 19.9 Å². The van der Waals surface area contributed by atoms with Crippen LogP contribution in [0.2, 0.25) is 0 Å². The lowest BCUT2D eigenvalue weighted by Gasteiger charge is -2.11. The topological polar surface area (TPSA) is 87.3 Å². The van der Waals surface area contributed by atoms with Gasteiger partial charge in [-0.05, 0) is 23.6 Å². The average Bonchev–Trinajstić information content (AvgIpc) is 2.61. The number of aliphatic hydroxyl groups excluding tert-OH is 1. The van der Waals surface area contributed by atoms with Crippen molar-refractivity contribution in [3.05, 3.63) is 75.6 Å².